The molecule has 0 aliphatic carbocycles. The zero-order valence-electron chi connectivity index (χ0n) is 18.2. The van der Waals surface area contributed by atoms with Crippen LogP contribution in [0.3, 0.4) is 0 Å². The van der Waals surface area contributed by atoms with Crippen LogP contribution in [0.4, 0.5) is 0 Å². The molecule has 0 amide bonds. The molecule has 1 aromatic heterocycles. The maximum atomic E-state index is 11.4. The van der Waals surface area contributed by atoms with Crippen molar-refractivity contribution in [3.05, 3.63) is 52.2 Å². The summed E-state index contributed by atoms with van der Waals surface area (Å²) in [5.74, 6) is 1.62. The molecule has 3 rings (SSSR count). The van der Waals surface area contributed by atoms with Crippen molar-refractivity contribution in [2.24, 2.45) is 0 Å². The van der Waals surface area contributed by atoms with E-state index in [9.17, 15) is 4.79 Å². The maximum Gasteiger partial charge on any atom is 0.309 e. The molecule has 0 saturated heterocycles. The summed E-state index contributed by atoms with van der Waals surface area (Å²) in [5.41, 5.74) is 3.32. The number of esters is 1. The lowest BCUT2D eigenvalue weighted by atomic mass is 10.1. The van der Waals surface area contributed by atoms with Crippen LogP contribution in [0.25, 0.3) is 10.1 Å². The van der Waals surface area contributed by atoms with Gasteiger partial charge >= 0.3 is 5.97 Å². The van der Waals surface area contributed by atoms with Crippen LogP contribution in [-0.2, 0) is 28.8 Å². The summed E-state index contributed by atoms with van der Waals surface area (Å²) in [6.45, 7) is 5.00. The monoisotopic (exact) mass is 477 g/mol. The number of carbonyl (C=O) groups is 1. The number of aryl methyl sites for hydroxylation is 2. The fourth-order valence-corrected chi connectivity index (χ4v) is 5.64. The molecule has 4 nitrogen and oxygen atoms in total. The molecular weight excluding hydrogens is 450 g/mol. The van der Waals surface area contributed by atoms with Crippen molar-refractivity contribution >= 4 is 51.0 Å². The van der Waals surface area contributed by atoms with Crippen molar-refractivity contribution in [3.8, 4) is 5.75 Å². The Bertz CT molecular complexity index is 1040. The van der Waals surface area contributed by atoms with Crippen LogP contribution in [0.15, 0.2) is 35.2 Å². The standard InChI is InChI=1S/C24H28ClNO3S2/c1-4-7-18-21(10-9-17-20(5-2)26-31-24(17)18)29-12-6-13-30-22-11-8-16(14-19(22)25)15-23(27)28-3/h8-11,14H,4-7,12-13,15H2,1-3H3. The third kappa shape index (κ3) is 6.15. The quantitative estimate of drug-likeness (QED) is 0.174. The number of aromatic nitrogens is 1. The first-order valence-corrected chi connectivity index (χ1v) is 12.7. The second-order valence-corrected chi connectivity index (χ2v) is 9.54. The second kappa shape index (κ2) is 11.7. The first kappa shape index (κ1) is 23.9. The molecule has 0 atom stereocenters. The van der Waals surface area contributed by atoms with Crippen LogP contribution in [0.2, 0.25) is 5.02 Å². The van der Waals surface area contributed by atoms with Gasteiger partial charge in [-0.05, 0) is 60.6 Å². The molecule has 0 bridgehead atoms. The van der Waals surface area contributed by atoms with E-state index >= 15 is 0 Å². The Morgan fingerprint density at radius 2 is 2.06 bits per heavy atom. The first-order valence-electron chi connectivity index (χ1n) is 10.6. The van der Waals surface area contributed by atoms with Gasteiger partial charge in [-0.1, -0.05) is 37.9 Å². The van der Waals surface area contributed by atoms with Gasteiger partial charge in [0.15, 0.2) is 0 Å². The molecule has 0 aliphatic heterocycles. The highest BCUT2D eigenvalue weighted by Gasteiger charge is 2.14. The fourth-order valence-electron chi connectivity index (χ4n) is 3.40. The van der Waals surface area contributed by atoms with Crippen LogP contribution in [0.5, 0.6) is 5.75 Å². The second-order valence-electron chi connectivity index (χ2n) is 7.22. The zero-order valence-corrected chi connectivity index (χ0v) is 20.6. The molecule has 0 radical (unpaired) electrons. The van der Waals surface area contributed by atoms with Gasteiger partial charge in [-0.15, -0.1) is 11.8 Å². The molecule has 0 N–H and O–H groups in total. The molecule has 2 aromatic carbocycles. The lowest BCUT2D eigenvalue weighted by Crippen LogP contribution is -2.04. The Balaban J connectivity index is 1.54. The third-order valence-electron chi connectivity index (χ3n) is 4.99. The summed E-state index contributed by atoms with van der Waals surface area (Å²) in [4.78, 5) is 12.4. The number of halogens is 1. The largest absolute Gasteiger partial charge is 0.493 e. The molecular formula is C24H28ClNO3S2. The average Bonchev–Trinajstić information content (AvgIpc) is 3.19. The summed E-state index contributed by atoms with van der Waals surface area (Å²) in [6, 6.07) is 9.98. The van der Waals surface area contributed by atoms with E-state index in [1.54, 1.807) is 23.3 Å². The lowest BCUT2D eigenvalue weighted by molar-refractivity contribution is -0.139. The number of carbonyl (C=O) groups excluding carboxylic acids is 1. The maximum absolute atomic E-state index is 11.4. The Morgan fingerprint density at radius 1 is 1.23 bits per heavy atom. The van der Waals surface area contributed by atoms with E-state index in [0.29, 0.717) is 11.6 Å². The smallest absolute Gasteiger partial charge is 0.309 e. The first-order chi connectivity index (χ1) is 15.1. The highest BCUT2D eigenvalue weighted by atomic mass is 35.5. The Hall–Kier alpha value is -1.76. The molecule has 0 unspecified atom stereocenters. The van der Waals surface area contributed by atoms with Gasteiger partial charge in [0, 0.05) is 21.6 Å². The number of benzene rings is 2. The Morgan fingerprint density at radius 3 is 2.77 bits per heavy atom. The van der Waals surface area contributed by atoms with Crippen LogP contribution < -0.4 is 4.74 Å². The lowest BCUT2D eigenvalue weighted by Gasteiger charge is -2.12. The van der Waals surface area contributed by atoms with Crippen molar-refractivity contribution in [1.82, 2.24) is 4.37 Å². The summed E-state index contributed by atoms with van der Waals surface area (Å²) in [6.07, 6.45) is 4.18. The number of hydrogen-bond donors (Lipinski definition) is 0. The average molecular weight is 478 g/mol. The minimum absolute atomic E-state index is 0.235. The number of fused-ring (bicyclic) bond motifs is 1. The predicted octanol–water partition coefficient (Wildman–Crippen LogP) is 6.74. The number of methoxy groups -OCH3 is 1. The van der Waals surface area contributed by atoms with Gasteiger partial charge < -0.3 is 9.47 Å². The topological polar surface area (TPSA) is 48.4 Å². The van der Waals surface area contributed by atoms with Gasteiger partial charge in [0.2, 0.25) is 0 Å². The fraction of sp³-hybridized carbons (Fsp3) is 0.417. The SMILES string of the molecule is CCCc1c(OCCCSc2ccc(CC(=O)OC)cc2Cl)ccc2c(CC)nsc12. The molecule has 7 heteroatoms. The molecule has 3 aromatic rings. The van der Waals surface area contributed by atoms with E-state index < -0.39 is 0 Å². The van der Waals surface area contributed by atoms with E-state index in [1.807, 2.05) is 18.2 Å². The molecule has 0 fully saturated rings. The minimum Gasteiger partial charge on any atom is -0.493 e. The van der Waals surface area contributed by atoms with Crippen LogP contribution in [0, 0.1) is 0 Å². The molecule has 0 aliphatic rings. The number of thioether (sulfide) groups is 1. The van der Waals surface area contributed by atoms with E-state index in [-0.39, 0.29) is 12.4 Å². The number of ether oxygens (including phenoxy) is 2. The van der Waals surface area contributed by atoms with Crippen LogP contribution in [-0.4, -0.2) is 29.8 Å². The van der Waals surface area contributed by atoms with Gasteiger partial charge in [-0.25, -0.2) is 0 Å². The van der Waals surface area contributed by atoms with Crippen LogP contribution in [0.1, 0.15) is 43.5 Å². The normalized spacial score (nSPS) is 11.1. The van der Waals surface area contributed by atoms with Crippen molar-refractivity contribution in [2.75, 3.05) is 19.5 Å². The third-order valence-corrected chi connectivity index (χ3v) is 7.53. The predicted molar refractivity (Wildman–Crippen MR) is 131 cm³/mol. The minimum atomic E-state index is -0.265. The summed E-state index contributed by atoms with van der Waals surface area (Å²) in [7, 11) is 1.39. The van der Waals surface area contributed by atoms with Gasteiger partial charge in [-0.3, -0.25) is 4.79 Å². The van der Waals surface area contributed by atoms with Crippen LogP contribution >= 0.6 is 34.9 Å². The number of rotatable bonds is 11. The summed E-state index contributed by atoms with van der Waals surface area (Å²) < 4.78 is 16.8. The van der Waals surface area contributed by atoms with Gasteiger partial charge in [0.1, 0.15) is 5.75 Å². The molecule has 0 spiro atoms. The highest BCUT2D eigenvalue weighted by molar-refractivity contribution is 7.99. The molecule has 1 heterocycles. The zero-order chi connectivity index (χ0) is 22.2. The highest BCUT2D eigenvalue weighted by Crippen LogP contribution is 2.34. The van der Waals surface area contributed by atoms with Gasteiger partial charge in [0.05, 0.1) is 35.6 Å². The van der Waals surface area contributed by atoms with Crippen molar-refractivity contribution in [1.29, 1.82) is 0 Å². The summed E-state index contributed by atoms with van der Waals surface area (Å²) >= 11 is 9.67. The van der Waals surface area contributed by atoms with Crippen molar-refractivity contribution < 1.29 is 14.3 Å². The van der Waals surface area contributed by atoms with E-state index in [0.717, 1.165) is 47.6 Å². The molecule has 166 valence electrons. The van der Waals surface area contributed by atoms with E-state index in [4.69, 9.17) is 21.1 Å². The molecule has 0 saturated carbocycles. The summed E-state index contributed by atoms with van der Waals surface area (Å²) in [5, 5.41) is 1.93. The molecule has 31 heavy (non-hydrogen) atoms. The van der Waals surface area contributed by atoms with Crippen molar-refractivity contribution in [2.45, 2.75) is 50.8 Å². The van der Waals surface area contributed by atoms with Gasteiger partial charge in [-0.2, -0.15) is 4.37 Å². The van der Waals surface area contributed by atoms with Gasteiger partial charge in [0.25, 0.3) is 0 Å². The van der Waals surface area contributed by atoms with Crippen molar-refractivity contribution in [3.63, 3.8) is 0 Å². The number of nitrogens with zero attached hydrogens (tertiary/aromatic N) is 1. The van der Waals surface area contributed by atoms with E-state index in [1.165, 1.54) is 28.5 Å². The Kier molecular flexibility index (Phi) is 9.05. The van der Waals surface area contributed by atoms with E-state index in [2.05, 4.69) is 30.4 Å². The Labute approximate surface area is 197 Å². The number of hydrogen-bond acceptors (Lipinski definition) is 6.